The summed E-state index contributed by atoms with van der Waals surface area (Å²) >= 11 is 0. The van der Waals surface area contributed by atoms with Crippen LogP contribution in [-0.2, 0) is 27.6 Å². The molecule has 0 fully saturated rings. The van der Waals surface area contributed by atoms with Crippen molar-refractivity contribution < 1.29 is 21.1 Å². The van der Waals surface area contributed by atoms with Crippen LogP contribution in [0, 0.1) is 0 Å². The number of hydrogen-bond acceptors (Lipinski definition) is 3. The van der Waals surface area contributed by atoms with Crippen molar-refractivity contribution in [3.05, 3.63) is 70.5 Å². The van der Waals surface area contributed by atoms with Crippen LogP contribution < -0.4 is 11.6 Å². The van der Waals surface area contributed by atoms with E-state index >= 15 is 0 Å². The van der Waals surface area contributed by atoms with Crippen LogP contribution in [0.5, 0.6) is 0 Å². The van der Waals surface area contributed by atoms with E-state index in [1.807, 2.05) is 56.3 Å². The topological polar surface area (TPSA) is 69.4 Å². The first-order valence-corrected chi connectivity index (χ1v) is 7.48. The summed E-state index contributed by atoms with van der Waals surface area (Å²) in [5.74, 6) is 6.33. The predicted octanol–water partition coefficient (Wildman–Crippen LogP) is 3.57. The van der Waals surface area contributed by atoms with Gasteiger partial charge >= 0.3 is 0 Å². The Hall–Kier alpha value is -1.77. The Morgan fingerprint density at radius 3 is 2.30 bits per heavy atom. The molecule has 0 amide bonds. The molecule has 4 N–H and O–H groups in total. The second-order valence-electron chi connectivity index (χ2n) is 5.75. The third kappa shape index (κ3) is 3.29. The van der Waals surface area contributed by atoms with E-state index in [0.29, 0.717) is 12.2 Å². The van der Waals surface area contributed by atoms with E-state index in [-0.39, 0.29) is 27.1 Å². The van der Waals surface area contributed by atoms with Crippen LogP contribution in [0.25, 0.3) is 16.7 Å². The summed E-state index contributed by atoms with van der Waals surface area (Å²) < 4.78 is 0. The van der Waals surface area contributed by atoms with E-state index in [4.69, 9.17) is 16.9 Å². The number of para-hydroxylation sites is 1. The van der Waals surface area contributed by atoms with Gasteiger partial charge in [0.2, 0.25) is 0 Å². The molecule has 0 aliphatic carbocycles. The van der Waals surface area contributed by atoms with Gasteiger partial charge in [0, 0.05) is 32.7 Å². The number of hydrogen-bond donors (Lipinski definition) is 2. The molecular formula is C18H21N4W-. The Bertz CT molecular complexity index is 724. The maximum absolute atomic E-state index is 6.53. The number of nitrogens with two attached hydrogens (primary N) is 2. The molecular weight excluding hydrogens is 456 g/mol. The minimum Gasteiger partial charge on any atom is -0.680 e. The van der Waals surface area contributed by atoms with Gasteiger partial charge in [0.15, 0.2) is 0 Å². The number of hydrazine groups is 1. The van der Waals surface area contributed by atoms with Gasteiger partial charge in [-0.05, 0) is 19.4 Å². The van der Waals surface area contributed by atoms with Crippen LogP contribution >= 0.6 is 0 Å². The van der Waals surface area contributed by atoms with Crippen LogP contribution in [0.4, 0.5) is 5.69 Å². The minimum atomic E-state index is 0. The summed E-state index contributed by atoms with van der Waals surface area (Å²) in [6, 6.07) is 16.2. The molecule has 0 saturated heterocycles. The fourth-order valence-corrected chi connectivity index (χ4v) is 2.71. The van der Waals surface area contributed by atoms with Gasteiger partial charge in [0.05, 0.1) is 11.4 Å². The zero-order valence-electron chi connectivity index (χ0n) is 13.4. The molecule has 4 nitrogen and oxygen atoms in total. The van der Waals surface area contributed by atoms with E-state index in [1.165, 1.54) is 0 Å². The van der Waals surface area contributed by atoms with Crippen molar-refractivity contribution in [1.29, 1.82) is 0 Å². The molecule has 0 bridgehead atoms. The van der Waals surface area contributed by atoms with Crippen LogP contribution in [0.2, 0.25) is 0 Å². The second kappa shape index (κ2) is 7.20. The molecule has 0 aromatic heterocycles. The van der Waals surface area contributed by atoms with Gasteiger partial charge in [-0.3, -0.25) is 0 Å². The monoisotopic (exact) mass is 477 g/mol. The standard InChI is InChI=1S/C18H21N4.W/c1-12(2)22(20)18-15-9-5-6-10-16(15)21-11-13-7-3-4-8-14(13)17(18)19;/h3-10,12H,11,19-20H2,1-2H3;/q-1;/b18-17-;. The maximum Gasteiger partial charge on any atom is 0.0815 e. The third-order valence-electron chi connectivity index (χ3n) is 3.96. The molecule has 1 heterocycles. The van der Waals surface area contributed by atoms with Crippen molar-refractivity contribution >= 4 is 17.1 Å². The van der Waals surface area contributed by atoms with Gasteiger partial charge in [-0.1, -0.05) is 54.1 Å². The number of nitrogens with zero attached hydrogens (tertiary/aromatic N) is 2. The SMILES string of the molecule is CC(C)N(N)/C1=C(\N)c2ccccc2C[N-]c2ccccc21.[W]. The van der Waals surface area contributed by atoms with Crippen LogP contribution in [0.15, 0.2) is 48.5 Å². The van der Waals surface area contributed by atoms with E-state index in [9.17, 15) is 0 Å². The largest absolute Gasteiger partial charge is 0.680 e. The molecule has 0 atom stereocenters. The molecule has 0 radical (unpaired) electrons. The quantitative estimate of drug-likeness (QED) is 0.514. The predicted molar refractivity (Wildman–Crippen MR) is 91.8 cm³/mol. The average molecular weight is 477 g/mol. The van der Waals surface area contributed by atoms with Crippen LogP contribution in [0.3, 0.4) is 0 Å². The van der Waals surface area contributed by atoms with Gasteiger partial charge in [-0.15, -0.1) is 12.2 Å². The summed E-state index contributed by atoms with van der Waals surface area (Å²) in [4.78, 5) is 0. The third-order valence-corrected chi connectivity index (χ3v) is 3.96. The van der Waals surface area contributed by atoms with Gasteiger partial charge in [0.1, 0.15) is 0 Å². The smallest absolute Gasteiger partial charge is 0.0815 e. The first-order valence-electron chi connectivity index (χ1n) is 7.48. The van der Waals surface area contributed by atoms with Gasteiger partial charge < -0.3 is 16.1 Å². The molecule has 1 aliphatic heterocycles. The van der Waals surface area contributed by atoms with E-state index in [0.717, 1.165) is 28.1 Å². The van der Waals surface area contributed by atoms with Gasteiger partial charge in [-0.25, -0.2) is 5.84 Å². The van der Waals surface area contributed by atoms with Crippen molar-refractivity contribution in [1.82, 2.24) is 5.01 Å². The van der Waals surface area contributed by atoms with Crippen molar-refractivity contribution in [2.24, 2.45) is 11.6 Å². The molecule has 0 spiro atoms. The maximum atomic E-state index is 6.53. The van der Waals surface area contributed by atoms with Gasteiger partial charge in [0.25, 0.3) is 0 Å². The molecule has 5 heteroatoms. The van der Waals surface area contributed by atoms with Crippen molar-refractivity contribution in [3.63, 3.8) is 0 Å². The molecule has 2 aromatic rings. The summed E-state index contributed by atoms with van der Waals surface area (Å²) in [6.45, 7) is 4.71. The first kappa shape index (κ1) is 17.6. The fourth-order valence-electron chi connectivity index (χ4n) is 2.71. The summed E-state index contributed by atoms with van der Waals surface area (Å²) in [5.41, 5.74) is 12.1. The Labute approximate surface area is 151 Å². The Morgan fingerprint density at radius 1 is 1.00 bits per heavy atom. The second-order valence-corrected chi connectivity index (χ2v) is 5.75. The van der Waals surface area contributed by atoms with E-state index in [2.05, 4.69) is 6.07 Å². The average Bonchev–Trinajstić information content (AvgIpc) is 2.52. The summed E-state index contributed by atoms with van der Waals surface area (Å²) in [6.07, 6.45) is 0. The molecule has 120 valence electrons. The first-order chi connectivity index (χ1) is 10.6. The van der Waals surface area contributed by atoms with Crippen LogP contribution in [0.1, 0.15) is 30.5 Å². The summed E-state index contributed by atoms with van der Waals surface area (Å²) in [7, 11) is 0. The van der Waals surface area contributed by atoms with Crippen molar-refractivity contribution in [2.45, 2.75) is 26.4 Å². The molecule has 23 heavy (non-hydrogen) atoms. The molecule has 3 rings (SSSR count). The van der Waals surface area contributed by atoms with Crippen molar-refractivity contribution in [3.8, 4) is 0 Å². The normalized spacial score (nSPS) is 16.3. The van der Waals surface area contributed by atoms with E-state index < -0.39 is 0 Å². The minimum absolute atomic E-state index is 0. The fraction of sp³-hybridized carbons (Fsp3) is 0.222. The Kier molecular flexibility index (Phi) is 5.50. The number of rotatable bonds is 2. The van der Waals surface area contributed by atoms with Crippen LogP contribution in [-0.4, -0.2) is 11.1 Å². The summed E-state index contributed by atoms with van der Waals surface area (Å²) in [5, 5.41) is 6.47. The molecule has 0 saturated carbocycles. The van der Waals surface area contributed by atoms with Gasteiger partial charge in [-0.2, -0.15) is 0 Å². The number of fused-ring (bicyclic) bond motifs is 2. The molecule has 1 aliphatic rings. The zero-order valence-corrected chi connectivity index (χ0v) is 16.3. The van der Waals surface area contributed by atoms with Crippen molar-refractivity contribution in [2.75, 3.05) is 0 Å². The Balaban J connectivity index is 0.00000192. The number of benzene rings is 2. The molecule has 2 aromatic carbocycles. The zero-order chi connectivity index (χ0) is 15.7. The molecule has 0 unspecified atom stereocenters. The van der Waals surface area contributed by atoms with E-state index in [1.54, 1.807) is 5.01 Å². The Morgan fingerprint density at radius 2 is 1.61 bits per heavy atom.